The summed E-state index contributed by atoms with van der Waals surface area (Å²) in [6, 6.07) is 11.8. The van der Waals surface area contributed by atoms with Crippen molar-refractivity contribution in [3.8, 4) is 0 Å². The number of carbonyl (C=O) groups is 1. The molecular weight excluding hydrogens is 400 g/mol. The maximum absolute atomic E-state index is 12.2. The molecule has 1 amide bonds. The zero-order valence-electron chi connectivity index (χ0n) is 17.1. The van der Waals surface area contributed by atoms with E-state index in [1.165, 1.54) is 11.8 Å². The van der Waals surface area contributed by atoms with Crippen molar-refractivity contribution in [2.24, 2.45) is 0 Å². The minimum Gasteiger partial charge on any atom is -0.431 e. The van der Waals surface area contributed by atoms with E-state index in [4.69, 9.17) is 8.94 Å². The maximum atomic E-state index is 12.2. The molecule has 2 aromatic carbocycles. The van der Waals surface area contributed by atoms with Crippen LogP contribution in [0.3, 0.4) is 0 Å². The smallest absolute Gasteiger partial charge is 0.257 e. The normalized spacial score (nSPS) is 11.2. The molecule has 4 rings (SSSR count). The van der Waals surface area contributed by atoms with Gasteiger partial charge in [-0.1, -0.05) is 29.1 Å². The molecule has 0 aliphatic carbocycles. The van der Waals surface area contributed by atoms with Crippen LogP contribution >= 0.6 is 11.8 Å². The van der Waals surface area contributed by atoms with Gasteiger partial charge in [-0.15, -0.1) is 0 Å². The largest absolute Gasteiger partial charge is 0.431 e. The minimum atomic E-state index is -0.0871. The number of benzene rings is 2. The van der Waals surface area contributed by atoms with Crippen molar-refractivity contribution in [3.63, 3.8) is 0 Å². The SMILES string of the molecule is Cc1cc(C)cc(NC(=O)CCc2nc(CSc3nc4cc(C)ccc4o3)no2)c1. The minimum absolute atomic E-state index is 0.0871. The van der Waals surface area contributed by atoms with Crippen LogP contribution in [0.1, 0.15) is 34.8 Å². The quantitative estimate of drug-likeness (QED) is 0.419. The monoisotopic (exact) mass is 422 g/mol. The lowest BCUT2D eigenvalue weighted by molar-refractivity contribution is -0.116. The van der Waals surface area contributed by atoms with Gasteiger partial charge in [0.2, 0.25) is 11.8 Å². The first-order chi connectivity index (χ1) is 14.4. The third kappa shape index (κ3) is 5.07. The first-order valence-corrected chi connectivity index (χ1v) is 10.6. The molecule has 7 nitrogen and oxygen atoms in total. The molecule has 0 saturated carbocycles. The topological polar surface area (TPSA) is 94.1 Å². The third-order valence-corrected chi connectivity index (χ3v) is 5.25. The average molecular weight is 423 g/mol. The number of hydrogen-bond donors (Lipinski definition) is 1. The number of oxazole rings is 1. The Kier molecular flexibility index (Phi) is 5.85. The van der Waals surface area contributed by atoms with E-state index in [1.54, 1.807) is 0 Å². The van der Waals surface area contributed by atoms with Crippen LogP contribution in [0.2, 0.25) is 0 Å². The van der Waals surface area contributed by atoms with Crippen molar-refractivity contribution in [2.45, 2.75) is 44.6 Å². The molecule has 8 heteroatoms. The summed E-state index contributed by atoms with van der Waals surface area (Å²) in [6.45, 7) is 6.02. The summed E-state index contributed by atoms with van der Waals surface area (Å²) >= 11 is 1.41. The molecule has 0 aliphatic heterocycles. The highest BCUT2D eigenvalue weighted by Crippen LogP contribution is 2.26. The van der Waals surface area contributed by atoms with Crippen molar-refractivity contribution in [1.29, 1.82) is 0 Å². The second-order valence-corrected chi connectivity index (χ2v) is 8.20. The Balaban J connectivity index is 1.28. The molecule has 0 saturated heterocycles. The van der Waals surface area contributed by atoms with Crippen LogP contribution in [-0.2, 0) is 17.0 Å². The number of nitrogens with one attached hydrogen (secondary N) is 1. The molecule has 0 unspecified atom stereocenters. The van der Waals surface area contributed by atoms with Crippen LogP contribution in [0.5, 0.6) is 0 Å². The van der Waals surface area contributed by atoms with Crippen molar-refractivity contribution >= 4 is 34.5 Å². The molecule has 0 radical (unpaired) electrons. The van der Waals surface area contributed by atoms with Gasteiger partial charge in [-0.2, -0.15) is 4.98 Å². The summed E-state index contributed by atoms with van der Waals surface area (Å²) in [4.78, 5) is 21.0. The van der Waals surface area contributed by atoms with Crippen LogP contribution in [0.4, 0.5) is 5.69 Å². The number of aryl methyl sites for hydroxylation is 4. The molecule has 154 valence electrons. The number of nitrogens with zero attached hydrogens (tertiary/aromatic N) is 3. The summed E-state index contributed by atoms with van der Waals surface area (Å²) in [5, 5.41) is 7.45. The van der Waals surface area contributed by atoms with Crippen molar-refractivity contribution in [3.05, 3.63) is 64.8 Å². The summed E-state index contributed by atoms with van der Waals surface area (Å²) in [5.41, 5.74) is 5.75. The van der Waals surface area contributed by atoms with Gasteiger partial charge in [0.15, 0.2) is 11.4 Å². The summed E-state index contributed by atoms with van der Waals surface area (Å²) < 4.78 is 11.0. The van der Waals surface area contributed by atoms with Gasteiger partial charge in [0.05, 0.1) is 5.75 Å². The highest BCUT2D eigenvalue weighted by Gasteiger charge is 2.12. The van der Waals surface area contributed by atoms with Crippen LogP contribution in [0.25, 0.3) is 11.1 Å². The van der Waals surface area contributed by atoms with Crippen LogP contribution in [0, 0.1) is 20.8 Å². The van der Waals surface area contributed by atoms with Crippen LogP contribution in [0.15, 0.2) is 50.6 Å². The molecule has 0 fully saturated rings. The Morgan fingerprint density at radius 3 is 2.63 bits per heavy atom. The van der Waals surface area contributed by atoms with E-state index in [2.05, 4.69) is 26.5 Å². The van der Waals surface area contributed by atoms with E-state index < -0.39 is 0 Å². The highest BCUT2D eigenvalue weighted by atomic mass is 32.2. The molecule has 2 aromatic heterocycles. The fraction of sp³-hybridized carbons (Fsp3) is 0.273. The number of carbonyl (C=O) groups excluding carboxylic acids is 1. The van der Waals surface area contributed by atoms with Gasteiger partial charge in [-0.05, 0) is 61.7 Å². The zero-order chi connectivity index (χ0) is 21.1. The number of amides is 1. The van der Waals surface area contributed by atoms with Gasteiger partial charge in [0, 0.05) is 18.5 Å². The molecule has 30 heavy (non-hydrogen) atoms. The van der Waals surface area contributed by atoms with Gasteiger partial charge >= 0.3 is 0 Å². The number of fused-ring (bicyclic) bond motifs is 1. The summed E-state index contributed by atoms with van der Waals surface area (Å²) in [5.74, 6) is 1.37. The summed E-state index contributed by atoms with van der Waals surface area (Å²) in [6.07, 6.45) is 0.655. The molecule has 1 N–H and O–H groups in total. The number of thioether (sulfide) groups is 1. The van der Waals surface area contributed by atoms with Gasteiger partial charge in [-0.3, -0.25) is 4.79 Å². The fourth-order valence-electron chi connectivity index (χ4n) is 3.15. The van der Waals surface area contributed by atoms with E-state index in [0.29, 0.717) is 29.1 Å². The second kappa shape index (κ2) is 8.71. The molecule has 2 heterocycles. The molecule has 0 aliphatic rings. The Morgan fingerprint density at radius 2 is 1.83 bits per heavy atom. The van der Waals surface area contributed by atoms with Crippen LogP contribution < -0.4 is 5.32 Å². The van der Waals surface area contributed by atoms with E-state index in [1.807, 2.05) is 51.1 Å². The number of rotatable bonds is 7. The first-order valence-electron chi connectivity index (χ1n) is 9.64. The number of hydrogen-bond acceptors (Lipinski definition) is 7. The highest BCUT2D eigenvalue weighted by molar-refractivity contribution is 7.98. The lowest BCUT2D eigenvalue weighted by Gasteiger charge is -2.06. The van der Waals surface area contributed by atoms with E-state index in [-0.39, 0.29) is 12.3 Å². The van der Waals surface area contributed by atoms with Crippen molar-refractivity contribution in [1.82, 2.24) is 15.1 Å². The maximum Gasteiger partial charge on any atom is 0.257 e. The standard InChI is InChI=1S/C22H22N4O3S/c1-13-4-5-18-17(11-13)24-22(28-18)30-12-19-25-21(29-26-19)7-6-20(27)23-16-9-14(2)8-15(3)10-16/h4-5,8-11H,6-7,12H2,1-3H3,(H,23,27). The lowest BCUT2D eigenvalue weighted by Crippen LogP contribution is -2.12. The van der Waals surface area contributed by atoms with E-state index in [9.17, 15) is 4.79 Å². The second-order valence-electron chi connectivity index (χ2n) is 7.27. The molecular formula is C22H22N4O3S. The van der Waals surface area contributed by atoms with E-state index >= 15 is 0 Å². The average Bonchev–Trinajstić information content (AvgIpc) is 3.29. The predicted octanol–water partition coefficient (Wildman–Crippen LogP) is 5.00. The van der Waals surface area contributed by atoms with Crippen LogP contribution in [-0.4, -0.2) is 21.0 Å². The van der Waals surface area contributed by atoms with Gasteiger partial charge in [0.25, 0.3) is 5.22 Å². The van der Waals surface area contributed by atoms with Gasteiger partial charge < -0.3 is 14.3 Å². The Labute approximate surface area is 178 Å². The van der Waals surface area contributed by atoms with Gasteiger partial charge in [0.1, 0.15) is 5.52 Å². The molecule has 4 aromatic rings. The number of anilines is 1. The van der Waals surface area contributed by atoms with E-state index in [0.717, 1.165) is 33.5 Å². The third-order valence-electron chi connectivity index (χ3n) is 4.43. The lowest BCUT2D eigenvalue weighted by atomic mass is 10.1. The summed E-state index contributed by atoms with van der Waals surface area (Å²) in [7, 11) is 0. The van der Waals surface area contributed by atoms with Crippen molar-refractivity contribution < 1.29 is 13.7 Å². The fourth-order valence-corrected chi connectivity index (χ4v) is 3.83. The Morgan fingerprint density at radius 1 is 1.03 bits per heavy atom. The predicted molar refractivity (Wildman–Crippen MR) is 115 cm³/mol. The van der Waals surface area contributed by atoms with Crippen molar-refractivity contribution in [2.75, 3.05) is 5.32 Å². The Bertz CT molecular complexity index is 1180. The molecule has 0 spiro atoms. The van der Waals surface area contributed by atoms with Gasteiger partial charge in [-0.25, -0.2) is 4.98 Å². The zero-order valence-corrected chi connectivity index (χ0v) is 17.9. The molecule has 0 bridgehead atoms. The Hall–Kier alpha value is -3.13. The number of aromatic nitrogens is 3. The first kappa shape index (κ1) is 20.2. The molecule has 0 atom stereocenters.